The van der Waals surface area contributed by atoms with Crippen LogP contribution in [0.2, 0.25) is 0 Å². The predicted octanol–water partition coefficient (Wildman–Crippen LogP) is 2.71. The van der Waals surface area contributed by atoms with Crippen LogP contribution < -0.4 is 5.73 Å². The number of benzene rings is 1. The van der Waals surface area contributed by atoms with Crippen molar-refractivity contribution in [3.63, 3.8) is 0 Å². The fraction of sp³-hybridized carbons (Fsp3) is 0.308. The van der Waals surface area contributed by atoms with Gasteiger partial charge < -0.3 is 10.7 Å². The van der Waals surface area contributed by atoms with E-state index in [0.717, 1.165) is 17.1 Å². The molecule has 0 spiro atoms. The summed E-state index contributed by atoms with van der Waals surface area (Å²) >= 11 is 0. The molecule has 0 aliphatic heterocycles. The number of hydrogen-bond acceptors (Lipinski definition) is 2. The summed E-state index contributed by atoms with van der Waals surface area (Å²) in [4.78, 5) is 7.58. The molecule has 16 heavy (non-hydrogen) atoms. The van der Waals surface area contributed by atoms with Crippen molar-refractivity contribution >= 4 is 0 Å². The predicted molar refractivity (Wildman–Crippen MR) is 66.1 cm³/mol. The van der Waals surface area contributed by atoms with Gasteiger partial charge in [-0.3, -0.25) is 0 Å². The molecule has 0 bridgehead atoms. The van der Waals surface area contributed by atoms with Crippen molar-refractivity contribution in [1.29, 1.82) is 0 Å². The van der Waals surface area contributed by atoms with Crippen molar-refractivity contribution in [1.82, 2.24) is 9.97 Å². The van der Waals surface area contributed by atoms with Crippen LogP contribution in [0.1, 0.15) is 29.8 Å². The summed E-state index contributed by atoms with van der Waals surface area (Å²) in [7, 11) is 0. The summed E-state index contributed by atoms with van der Waals surface area (Å²) in [5, 5.41) is 0. The molecule has 0 aliphatic rings. The molecule has 1 aromatic heterocycles. The summed E-state index contributed by atoms with van der Waals surface area (Å²) in [6.45, 7) is 6.15. The van der Waals surface area contributed by atoms with Gasteiger partial charge in [-0.1, -0.05) is 12.1 Å². The lowest BCUT2D eigenvalue weighted by molar-refractivity contribution is 0.789. The Morgan fingerprint density at radius 1 is 1.25 bits per heavy atom. The fourth-order valence-electron chi connectivity index (χ4n) is 1.60. The molecular weight excluding hydrogens is 198 g/mol. The molecule has 3 heteroatoms. The third-order valence-electron chi connectivity index (χ3n) is 2.87. The highest BCUT2D eigenvalue weighted by Gasteiger charge is 2.06. The van der Waals surface area contributed by atoms with E-state index in [4.69, 9.17) is 5.73 Å². The van der Waals surface area contributed by atoms with Crippen molar-refractivity contribution in [3.05, 3.63) is 41.2 Å². The zero-order chi connectivity index (χ0) is 11.7. The van der Waals surface area contributed by atoms with E-state index >= 15 is 0 Å². The normalized spacial score (nSPS) is 12.8. The van der Waals surface area contributed by atoms with Crippen molar-refractivity contribution < 1.29 is 0 Å². The largest absolute Gasteiger partial charge is 0.341 e. The Morgan fingerprint density at radius 2 is 2.00 bits per heavy atom. The molecule has 0 aliphatic carbocycles. The number of rotatable bonds is 2. The number of aromatic amines is 1. The summed E-state index contributed by atoms with van der Waals surface area (Å²) in [6.07, 6.45) is 1.80. The Kier molecular flexibility index (Phi) is 2.79. The lowest BCUT2D eigenvalue weighted by atomic mass is 10.1. The van der Waals surface area contributed by atoms with Crippen LogP contribution in [0.25, 0.3) is 11.4 Å². The molecule has 0 fully saturated rings. The molecule has 1 heterocycles. The zero-order valence-corrected chi connectivity index (χ0v) is 9.91. The maximum atomic E-state index is 5.79. The first-order valence-corrected chi connectivity index (χ1v) is 5.46. The Hall–Kier alpha value is -1.61. The van der Waals surface area contributed by atoms with Crippen LogP contribution in [0, 0.1) is 13.8 Å². The highest BCUT2D eigenvalue weighted by Crippen LogP contribution is 2.20. The van der Waals surface area contributed by atoms with Gasteiger partial charge in [-0.25, -0.2) is 4.98 Å². The third kappa shape index (κ3) is 1.99. The fourth-order valence-corrected chi connectivity index (χ4v) is 1.60. The molecule has 0 amide bonds. The Morgan fingerprint density at radius 3 is 2.56 bits per heavy atom. The zero-order valence-electron chi connectivity index (χ0n) is 9.91. The number of aryl methyl sites for hydroxylation is 2. The minimum Gasteiger partial charge on any atom is -0.341 e. The third-order valence-corrected chi connectivity index (χ3v) is 2.87. The molecule has 1 unspecified atom stereocenters. The van der Waals surface area contributed by atoms with Crippen molar-refractivity contribution in [2.24, 2.45) is 5.73 Å². The van der Waals surface area contributed by atoms with E-state index in [2.05, 4.69) is 42.0 Å². The Labute approximate surface area is 95.7 Å². The van der Waals surface area contributed by atoms with Crippen molar-refractivity contribution in [3.8, 4) is 11.4 Å². The minimum absolute atomic E-state index is 0.00667. The van der Waals surface area contributed by atoms with Crippen LogP contribution in [0.4, 0.5) is 0 Å². The summed E-state index contributed by atoms with van der Waals surface area (Å²) in [5.74, 6) is 0.885. The maximum Gasteiger partial charge on any atom is 0.137 e. The summed E-state index contributed by atoms with van der Waals surface area (Å²) < 4.78 is 0. The smallest absolute Gasteiger partial charge is 0.137 e. The highest BCUT2D eigenvalue weighted by atomic mass is 14.9. The number of nitrogens with one attached hydrogen (secondary N) is 1. The van der Waals surface area contributed by atoms with Gasteiger partial charge in [0.25, 0.3) is 0 Å². The number of nitrogens with zero attached hydrogens (tertiary/aromatic N) is 1. The minimum atomic E-state index is -0.00667. The topological polar surface area (TPSA) is 54.7 Å². The average Bonchev–Trinajstić information content (AvgIpc) is 2.71. The number of nitrogens with two attached hydrogens (primary N) is 1. The summed E-state index contributed by atoms with van der Waals surface area (Å²) in [6, 6.07) is 6.32. The first-order valence-electron chi connectivity index (χ1n) is 5.46. The van der Waals surface area contributed by atoms with Gasteiger partial charge in [0.05, 0.1) is 11.9 Å². The van der Waals surface area contributed by atoms with E-state index in [1.54, 1.807) is 6.20 Å². The molecule has 3 nitrogen and oxygen atoms in total. The maximum absolute atomic E-state index is 5.79. The van der Waals surface area contributed by atoms with Crippen LogP contribution in [-0.2, 0) is 0 Å². The molecular formula is C13H17N3. The standard InChI is InChI=1S/C13H17N3/c1-8-4-5-11(6-9(8)2)13-15-7-12(16-13)10(3)14/h4-7,10H,14H2,1-3H3,(H,15,16). The van der Waals surface area contributed by atoms with Crippen LogP contribution in [-0.4, -0.2) is 9.97 Å². The lowest BCUT2D eigenvalue weighted by Crippen LogP contribution is -2.04. The van der Waals surface area contributed by atoms with Crippen molar-refractivity contribution in [2.45, 2.75) is 26.8 Å². The van der Waals surface area contributed by atoms with E-state index in [-0.39, 0.29) is 6.04 Å². The molecule has 1 atom stereocenters. The molecule has 84 valence electrons. The van der Waals surface area contributed by atoms with Gasteiger partial charge in [0, 0.05) is 11.6 Å². The lowest BCUT2D eigenvalue weighted by Gasteiger charge is -2.03. The van der Waals surface area contributed by atoms with E-state index in [0.29, 0.717) is 0 Å². The number of aromatic nitrogens is 2. The van der Waals surface area contributed by atoms with Crippen LogP contribution in [0.5, 0.6) is 0 Å². The monoisotopic (exact) mass is 215 g/mol. The second-order valence-electron chi connectivity index (χ2n) is 4.27. The van der Waals surface area contributed by atoms with Gasteiger partial charge in [0.2, 0.25) is 0 Å². The van der Waals surface area contributed by atoms with E-state index in [1.165, 1.54) is 11.1 Å². The molecule has 2 rings (SSSR count). The van der Waals surface area contributed by atoms with Gasteiger partial charge in [0.1, 0.15) is 5.82 Å². The first-order chi connectivity index (χ1) is 7.58. The molecule has 0 saturated heterocycles. The van der Waals surface area contributed by atoms with Gasteiger partial charge >= 0.3 is 0 Å². The van der Waals surface area contributed by atoms with E-state index < -0.39 is 0 Å². The quantitative estimate of drug-likeness (QED) is 0.809. The van der Waals surface area contributed by atoms with Gasteiger partial charge in [-0.2, -0.15) is 0 Å². The van der Waals surface area contributed by atoms with Gasteiger partial charge in [-0.05, 0) is 38.0 Å². The molecule has 1 aromatic carbocycles. The number of imidazole rings is 1. The summed E-state index contributed by atoms with van der Waals surface area (Å²) in [5.41, 5.74) is 10.4. The molecule has 3 N–H and O–H groups in total. The Bertz CT molecular complexity index is 498. The average molecular weight is 215 g/mol. The molecule has 2 aromatic rings. The second-order valence-corrected chi connectivity index (χ2v) is 4.27. The molecule has 0 saturated carbocycles. The first kappa shape index (κ1) is 10.9. The SMILES string of the molecule is Cc1ccc(-c2ncc(C(C)N)[nH]2)cc1C. The number of H-pyrrole nitrogens is 1. The number of hydrogen-bond donors (Lipinski definition) is 2. The van der Waals surface area contributed by atoms with Crippen molar-refractivity contribution in [2.75, 3.05) is 0 Å². The van der Waals surface area contributed by atoms with E-state index in [1.807, 2.05) is 6.92 Å². The Balaban J connectivity index is 2.39. The van der Waals surface area contributed by atoms with Crippen LogP contribution >= 0.6 is 0 Å². The van der Waals surface area contributed by atoms with E-state index in [9.17, 15) is 0 Å². The van der Waals surface area contributed by atoms with Gasteiger partial charge in [0.15, 0.2) is 0 Å². The van der Waals surface area contributed by atoms with Crippen LogP contribution in [0.3, 0.4) is 0 Å². The van der Waals surface area contributed by atoms with Gasteiger partial charge in [-0.15, -0.1) is 0 Å². The second kappa shape index (κ2) is 4.10. The van der Waals surface area contributed by atoms with Crippen LogP contribution in [0.15, 0.2) is 24.4 Å². The molecule has 0 radical (unpaired) electrons. The highest BCUT2D eigenvalue weighted by molar-refractivity contribution is 5.57.